The molecule has 1 saturated heterocycles. The molecule has 0 saturated carbocycles. The fourth-order valence-corrected chi connectivity index (χ4v) is 1.29. The van der Waals surface area contributed by atoms with Crippen LogP contribution in [0.2, 0.25) is 0 Å². The summed E-state index contributed by atoms with van der Waals surface area (Å²) in [6.45, 7) is 0.623. The smallest absolute Gasteiger partial charge is 0.336 e. The highest BCUT2D eigenvalue weighted by Gasteiger charge is 2.26. The van der Waals surface area contributed by atoms with E-state index in [-0.39, 0.29) is 12.6 Å². The van der Waals surface area contributed by atoms with Gasteiger partial charge in [-0.25, -0.2) is 10.5 Å². The van der Waals surface area contributed by atoms with Crippen LogP contribution in [0.15, 0.2) is 0 Å². The summed E-state index contributed by atoms with van der Waals surface area (Å²) in [4.78, 5) is 11.9. The third-order valence-electron chi connectivity index (χ3n) is 1.85. The highest BCUT2D eigenvalue weighted by atomic mass is 16.3. The number of carbonyl (C=O) groups is 1. The lowest BCUT2D eigenvalue weighted by atomic mass is 10.2. The number of aliphatic hydroxyl groups is 1. The van der Waals surface area contributed by atoms with Crippen LogP contribution in [-0.4, -0.2) is 35.2 Å². The second kappa shape index (κ2) is 2.88. The number of hydrogen-bond acceptors (Lipinski definition) is 2. The molecule has 0 bridgehead atoms. The van der Waals surface area contributed by atoms with Crippen molar-refractivity contribution in [3.63, 3.8) is 0 Å². The van der Waals surface area contributed by atoms with Crippen molar-refractivity contribution in [3.05, 3.63) is 0 Å². The summed E-state index contributed by atoms with van der Waals surface area (Å²) in [6.07, 6.45) is 1.75. The van der Waals surface area contributed by atoms with Gasteiger partial charge >= 0.3 is 6.03 Å². The molecule has 1 radical (unpaired) electrons. The minimum atomic E-state index is -0.670. The molecule has 2 N–H and O–H groups in total. The zero-order valence-electron chi connectivity index (χ0n) is 5.71. The molecular formula is C6H11N2O2. The molecule has 1 heterocycles. The molecule has 57 valence electrons. The number of hydrogen-bond donors (Lipinski definition) is 1. The molecular weight excluding hydrogens is 132 g/mol. The van der Waals surface area contributed by atoms with Crippen LogP contribution >= 0.6 is 0 Å². The van der Waals surface area contributed by atoms with Crippen LogP contribution in [-0.2, 0) is 0 Å². The van der Waals surface area contributed by atoms with Crippen molar-refractivity contribution in [2.45, 2.75) is 18.9 Å². The molecule has 1 fully saturated rings. The first-order valence-electron chi connectivity index (χ1n) is 3.38. The third kappa shape index (κ3) is 1.21. The van der Waals surface area contributed by atoms with E-state index in [1.807, 2.05) is 0 Å². The number of nitrogens with one attached hydrogen (secondary N) is 1. The molecule has 2 amide bonds. The molecule has 0 spiro atoms. The lowest BCUT2D eigenvalue weighted by Gasteiger charge is -2.19. The summed E-state index contributed by atoms with van der Waals surface area (Å²) in [5, 5.41) is 8.71. The molecule has 0 aromatic carbocycles. The Hall–Kier alpha value is -0.770. The van der Waals surface area contributed by atoms with E-state index in [1.54, 1.807) is 0 Å². The van der Waals surface area contributed by atoms with E-state index in [9.17, 15) is 4.79 Å². The summed E-state index contributed by atoms with van der Waals surface area (Å²) < 4.78 is 0. The van der Waals surface area contributed by atoms with Gasteiger partial charge in [0.1, 0.15) is 0 Å². The minimum Gasteiger partial charge on any atom is -0.394 e. The number of carbonyl (C=O) groups excluding carboxylic acids is 1. The van der Waals surface area contributed by atoms with Gasteiger partial charge in [0.25, 0.3) is 0 Å². The Morgan fingerprint density at radius 3 is 2.90 bits per heavy atom. The third-order valence-corrected chi connectivity index (χ3v) is 1.85. The van der Waals surface area contributed by atoms with Gasteiger partial charge in [0.2, 0.25) is 0 Å². The maximum absolute atomic E-state index is 10.5. The van der Waals surface area contributed by atoms with Crippen LogP contribution in [0.4, 0.5) is 4.79 Å². The maximum Gasteiger partial charge on any atom is 0.336 e. The molecule has 1 aliphatic heterocycles. The lowest BCUT2D eigenvalue weighted by Crippen LogP contribution is -2.37. The van der Waals surface area contributed by atoms with Crippen molar-refractivity contribution in [3.8, 4) is 0 Å². The van der Waals surface area contributed by atoms with E-state index < -0.39 is 6.03 Å². The van der Waals surface area contributed by atoms with Gasteiger partial charge in [0.15, 0.2) is 0 Å². The van der Waals surface area contributed by atoms with Gasteiger partial charge in [-0.15, -0.1) is 0 Å². The minimum absolute atomic E-state index is 0.00931. The zero-order chi connectivity index (χ0) is 7.56. The fraction of sp³-hybridized carbons (Fsp3) is 0.833. The van der Waals surface area contributed by atoms with E-state index in [4.69, 9.17) is 10.8 Å². The number of rotatable bonds is 1. The van der Waals surface area contributed by atoms with E-state index in [1.165, 1.54) is 4.90 Å². The molecule has 1 aliphatic rings. The monoisotopic (exact) mass is 143 g/mol. The van der Waals surface area contributed by atoms with Crippen LogP contribution in [0.5, 0.6) is 0 Å². The van der Waals surface area contributed by atoms with Gasteiger partial charge in [-0.1, -0.05) is 0 Å². The molecule has 0 aliphatic carbocycles. The van der Waals surface area contributed by atoms with Crippen LogP contribution in [0.3, 0.4) is 0 Å². The Labute approximate surface area is 59.6 Å². The van der Waals surface area contributed by atoms with Gasteiger partial charge in [0.05, 0.1) is 12.6 Å². The maximum atomic E-state index is 10.5. The summed E-state index contributed by atoms with van der Waals surface area (Å²) in [5.41, 5.74) is 6.78. The molecule has 0 aromatic rings. The second-order valence-electron chi connectivity index (χ2n) is 2.48. The van der Waals surface area contributed by atoms with Crippen LogP contribution in [0.1, 0.15) is 12.8 Å². The van der Waals surface area contributed by atoms with Crippen molar-refractivity contribution in [1.82, 2.24) is 10.6 Å². The Balaban J connectivity index is 2.50. The van der Waals surface area contributed by atoms with Gasteiger partial charge in [-0.2, -0.15) is 0 Å². The first-order valence-corrected chi connectivity index (χ1v) is 3.38. The van der Waals surface area contributed by atoms with E-state index in [0.717, 1.165) is 12.8 Å². The number of amides is 2. The van der Waals surface area contributed by atoms with Crippen molar-refractivity contribution < 1.29 is 9.90 Å². The predicted octanol–water partition coefficient (Wildman–Crippen LogP) is -0.154. The van der Waals surface area contributed by atoms with Gasteiger partial charge in [0, 0.05) is 6.54 Å². The highest BCUT2D eigenvalue weighted by Crippen LogP contribution is 2.15. The largest absolute Gasteiger partial charge is 0.394 e. The SMILES string of the molecule is [NH]C(=O)N1CCCC1CO. The molecule has 1 unspecified atom stereocenters. The van der Waals surface area contributed by atoms with Crippen LogP contribution < -0.4 is 5.73 Å². The quantitative estimate of drug-likeness (QED) is 0.554. The van der Waals surface area contributed by atoms with Crippen molar-refractivity contribution in [2.24, 2.45) is 0 Å². The van der Waals surface area contributed by atoms with Crippen molar-refractivity contribution >= 4 is 6.03 Å². The summed E-state index contributed by atoms with van der Waals surface area (Å²) in [7, 11) is 0. The van der Waals surface area contributed by atoms with E-state index in [2.05, 4.69) is 0 Å². The number of aliphatic hydroxyl groups excluding tert-OH is 1. The summed E-state index contributed by atoms with van der Waals surface area (Å²) in [6, 6.07) is -0.762. The Morgan fingerprint density at radius 2 is 2.50 bits per heavy atom. The predicted molar refractivity (Wildman–Crippen MR) is 35.3 cm³/mol. The number of nitrogens with zero attached hydrogens (tertiary/aromatic N) is 1. The van der Waals surface area contributed by atoms with Gasteiger partial charge in [-0.05, 0) is 12.8 Å². The highest BCUT2D eigenvalue weighted by molar-refractivity contribution is 5.71. The topological polar surface area (TPSA) is 64.3 Å². The van der Waals surface area contributed by atoms with Crippen LogP contribution in [0, 0.1) is 0 Å². The Bertz CT molecular complexity index is 138. The number of likely N-dealkylation sites (tertiary alicyclic amines) is 1. The van der Waals surface area contributed by atoms with E-state index in [0.29, 0.717) is 6.54 Å². The van der Waals surface area contributed by atoms with Crippen LogP contribution in [0.25, 0.3) is 0 Å². The molecule has 10 heavy (non-hydrogen) atoms. The molecule has 1 rings (SSSR count). The zero-order valence-corrected chi connectivity index (χ0v) is 5.71. The fourth-order valence-electron chi connectivity index (χ4n) is 1.29. The Kier molecular flexibility index (Phi) is 2.11. The summed E-state index contributed by atoms with van der Waals surface area (Å²) in [5.74, 6) is 0. The Morgan fingerprint density at radius 1 is 1.80 bits per heavy atom. The molecule has 1 atom stereocenters. The first kappa shape index (κ1) is 7.34. The molecule has 0 aromatic heterocycles. The number of urea groups is 1. The normalized spacial score (nSPS) is 25.3. The summed E-state index contributed by atoms with van der Waals surface area (Å²) >= 11 is 0. The first-order chi connectivity index (χ1) is 4.75. The van der Waals surface area contributed by atoms with Gasteiger partial charge < -0.3 is 10.0 Å². The lowest BCUT2D eigenvalue weighted by molar-refractivity contribution is 0.162. The van der Waals surface area contributed by atoms with E-state index >= 15 is 0 Å². The average molecular weight is 143 g/mol. The van der Waals surface area contributed by atoms with Gasteiger partial charge in [-0.3, -0.25) is 0 Å². The molecule has 4 heteroatoms. The van der Waals surface area contributed by atoms with Crippen molar-refractivity contribution in [1.29, 1.82) is 0 Å². The second-order valence-corrected chi connectivity index (χ2v) is 2.48. The van der Waals surface area contributed by atoms with Crippen molar-refractivity contribution in [2.75, 3.05) is 13.2 Å². The standard InChI is InChI=1S/C6H11N2O2/c7-6(10)8-3-1-2-5(8)4-9/h5,7,9H,1-4H2. The average Bonchev–Trinajstić information content (AvgIpc) is 2.33. The molecule has 4 nitrogen and oxygen atoms in total.